The minimum Gasteiger partial charge on any atom is -0.497 e. The highest BCUT2D eigenvalue weighted by Crippen LogP contribution is 2.25. The van der Waals surface area contributed by atoms with Gasteiger partial charge >= 0.3 is 0 Å². The van der Waals surface area contributed by atoms with Crippen molar-refractivity contribution in [2.24, 2.45) is 0 Å². The molecule has 0 spiro atoms. The van der Waals surface area contributed by atoms with E-state index in [0.717, 1.165) is 5.69 Å². The summed E-state index contributed by atoms with van der Waals surface area (Å²) in [6, 6.07) is 7.20. The van der Waals surface area contributed by atoms with Crippen molar-refractivity contribution in [2.75, 3.05) is 24.4 Å². The summed E-state index contributed by atoms with van der Waals surface area (Å²) in [5.41, 5.74) is 0.789. The van der Waals surface area contributed by atoms with Gasteiger partial charge in [0.05, 0.1) is 13.2 Å². The smallest absolute Gasteiger partial charge is 0.229 e. The maximum Gasteiger partial charge on any atom is 0.229 e. The lowest BCUT2D eigenvalue weighted by atomic mass is 10.2. The molecule has 0 aromatic heterocycles. The summed E-state index contributed by atoms with van der Waals surface area (Å²) < 4.78 is 5.17. The van der Waals surface area contributed by atoms with Crippen LogP contribution in [0.5, 0.6) is 5.75 Å². The van der Waals surface area contributed by atoms with Gasteiger partial charge in [0.15, 0.2) is 0 Å². The van der Waals surface area contributed by atoms with E-state index in [1.165, 1.54) is 0 Å². The number of ether oxygens (including phenoxy) is 1. The van der Waals surface area contributed by atoms with Crippen LogP contribution in [-0.2, 0) is 9.59 Å². The Morgan fingerprint density at radius 3 is 3.05 bits per heavy atom. The Morgan fingerprint density at radius 1 is 1.52 bits per heavy atom. The maximum absolute atomic E-state index is 12.1. The molecule has 0 aliphatic carbocycles. The van der Waals surface area contributed by atoms with Crippen molar-refractivity contribution >= 4 is 29.1 Å². The molecule has 1 aromatic rings. The van der Waals surface area contributed by atoms with Crippen molar-refractivity contribution in [3.8, 4) is 5.75 Å². The average molecular weight is 311 g/mol. The molecule has 2 amide bonds. The highest BCUT2D eigenvalue weighted by Gasteiger charge is 2.31. The van der Waals surface area contributed by atoms with Gasteiger partial charge in [-0.25, -0.2) is 0 Å². The second kappa shape index (κ2) is 7.31. The number of hydrogen-bond donors (Lipinski definition) is 1. The highest BCUT2D eigenvalue weighted by atomic mass is 35.5. The molecular formula is C15H19ClN2O3. The van der Waals surface area contributed by atoms with Crippen LogP contribution in [-0.4, -0.2) is 37.4 Å². The topological polar surface area (TPSA) is 58.6 Å². The van der Waals surface area contributed by atoms with E-state index in [4.69, 9.17) is 16.3 Å². The first-order valence-corrected chi connectivity index (χ1v) is 7.47. The van der Waals surface area contributed by atoms with Crippen LogP contribution < -0.4 is 15.0 Å². The highest BCUT2D eigenvalue weighted by molar-refractivity contribution is 6.17. The van der Waals surface area contributed by atoms with Gasteiger partial charge in [0.2, 0.25) is 11.8 Å². The molecule has 0 bridgehead atoms. The number of methoxy groups -OCH3 is 1. The monoisotopic (exact) mass is 310 g/mol. The molecule has 0 unspecified atom stereocenters. The minimum absolute atomic E-state index is 0.00546. The molecule has 0 radical (unpaired) electrons. The van der Waals surface area contributed by atoms with Crippen molar-refractivity contribution < 1.29 is 14.3 Å². The standard InChI is InChI=1S/C15H19ClN2O3/c1-21-13-5-2-4-12(9-13)18-10-11(8-15(18)20)17-14(19)6-3-7-16/h2,4-5,9,11H,3,6-8,10H2,1H3,(H,17,19)/t11-/m1/s1. The third kappa shape index (κ3) is 4.11. The quantitative estimate of drug-likeness (QED) is 0.817. The third-order valence-electron chi connectivity index (χ3n) is 3.39. The number of carbonyl (C=O) groups is 2. The fourth-order valence-corrected chi connectivity index (χ4v) is 2.49. The molecule has 1 aliphatic heterocycles. The molecule has 1 fully saturated rings. The normalized spacial score (nSPS) is 17.9. The number of amides is 2. The molecule has 21 heavy (non-hydrogen) atoms. The summed E-state index contributed by atoms with van der Waals surface area (Å²) in [5, 5.41) is 2.88. The van der Waals surface area contributed by atoms with Crippen LogP contribution in [0.3, 0.4) is 0 Å². The Bertz CT molecular complexity index is 521. The maximum atomic E-state index is 12.1. The number of benzene rings is 1. The van der Waals surface area contributed by atoms with E-state index in [1.54, 1.807) is 12.0 Å². The van der Waals surface area contributed by atoms with Gasteiger partial charge in [0.1, 0.15) is 5.75 Å². The average Bonchev–Trinajstić information content (AvgIpc) is 2.85. The number of anilines is 1. The lowest BCUT2D eigenvalue weighted by molar-refractivity contribution is -0.121. The Balaban J connectivity index is 1.97. The molecule has 1 saturated heterocycles. The summed E-state index contributed by atoms with van der Waals surface area (Å²) in [7, 11) is 1.59. The van der Waals surface area contributed by atoms with Crippen molar-refractivity contribution in [1.29, 1.82) is 0 Å². The Kier molecular flexibility index (Phi) is 5.44. The van der Waals surface area contributed by atoms with E-state index in [9.17, 15) is 9.59 Å². The van der Waals surface area contributed by atoms with Crippen LogP contribution in [0.15, 0.2) is 24.3 Å². The Hall–Kier alpha value is -1.75. The molecule has 1 aromatic carbocycles. The Morgan fingerprint density at radius 2 is 2.33 bits per heavy atom. The zero-order chi connectivity index (χ0) is 15.2. The number of nitrogens with one attached hydrogen (secondary N) is 1. The molecule has 114 valence electrons. The molecule has 1 atom stereocenters. The van der Waals surface area contributed by atoms with Crippen molar-refractivity contribution in [1.82, 2.24) is 5.32 Å². The molecule has 5 nitrogen and oxygen atoms in total. The third-order valence-corrected chi connectivity index (χ3v) is 3.66. The van der Waals surface area contributed by atoms with Crippen LogP contribution in [0.25, 0.3) is 0 Å². The fraction of sp³-hybridized carbons (Fsp3) is 0.467. The van der Waals surface area contributed by atoms with E-state index in [1.807, 2.05) is 24.3 Å². The van der Waals surface area contributed by atoms with Gasteiger partial charge in [-0.3, -0.25) is 9.59 Å². The van der Waals surface area contributed by atoms with Gasteiger partial charge in [-0.15, -0.1) is 11.6 Å². The van der Waals surface area contributed by atoms with Gasteiger partial charge in [-0.05, 0) is 18.6 Å². The zero-order valence-electron chi connectivity index (χ0n) is 12.0. The fourth-order valence-electron chi connectivity index (χ4n) is 2.36. The lowest BCUT2D eigenvalue weighted by Gasteiger charge is -2.18. The molecule has 6 heteroatoms. The van der Waals surface area contributed by atoms with E-state index in [-0.39, 0.29) is 17.9 Å². The van der Waals surface area contributed by atoms with Crippen LogP contribution in [0.2, 0.25) is 0 Å². The Labute approximate surface area is 129 Å². The number of halogens is 1. The first-order chi connectivity index (χ1) is 10.1. The van der Waals surface area contributed by atoms with Gasteiger partial charge in [-0.1, -0.05) is 6.07 Å². The summed E-state index contributed by atoms with van der Waals surface area (Å²) in [6.45, 7) is 0.485. The molecule has 1 aliphatic rings. The number of rotatable bonds is 6. The summed E-state index contributed by atoms with van der Waals surface area (Å²) in [4.78, 5) is 25.5. The minimum atomic E-state index is -0.147. The van der Waals surface area contributed by atoms with Gasteiger partial charge in [0.25, 0.3) is 0 Å². The first-order valence-electron chi connectivity index (χ1n) is 6.93. The number of carbonyl (C=O) groups excluding carboxylic acids is 2. The van der Waals surface area contributed by atoms with Gasteiger partial charge < -0.3 is 15.0 Å². The number of nitrogens with zero attached hydrogens (tertiary/aromatic N) is 1. The summed E-state index contributed by atoms with van der Waals surface area (Å²) in [6.07, 6.45) is 1.37. The predicted octanol–water partition coefficient (Wildman–Crippen LogP) is 1.94. The van der Waals surface area contributed by atoms with Crippen molar-refractivity contribution in [3.63, 3.8) is 0 Å². The molecule has 0 saturated carbocycles. The second-order valence-corrected chi connectivity index (χ2v) is 5.34. The van der Waals surface area contributed by atoms with E-state index >= 15 is 0 Å². The number of alkyl halides is 1. The number of hydrogen-bond acceptors (Lipinski definition) is 3. The lowest BCUT2D eigenvalue weighted by Crippen LogP contribution is -2.37. The van der Waals surface area contributed by atoms with E-state index in [2.05, 4.69) is 5.32 Å². The van der Waals surface area contributed by atoms with Crippen LogP contribution >= 0.6 is 11.6 Å². The van der Waals surface area contributed by atoms with Crippen molar-refractivity contribution in [3.05, 3.63) is 24.3 Å². The molecular weight excluding hydrogens is 292 g/mol. The van der Waals surface area contributed by atoms with Crippen LogP contribution in [0, 0.1) is 0 Å². The van der Waals surface area contributed by atoms with Crippen LogP contribution in [0.4, 0.5) is 5.69 Å². The zero-order valence-corrected chi connectivity index (χ0v) is 12.7. The van der Waals surface area contributed by atoms with Gasteiger partial charge in [0, 0.05) is 37.0 Å². The first kappa shape index (κ1) is 15.6. The predicted molar refractivity (Wildman–Crippen MR) is 81.8 cm³/mol. The van der Waals surface area contributed by atoms with Gasteiger partial charge in [-0.2, -0.15) is 0 Å². The summed E-state index contributed by atoms with van der Waals surface area (Å²) in [5.74, 6) is 1.12. The van der Waals surface area contributed by atoms with E-state index in [0.29, 0.717) is 37.4 Å². The molecule has 1 heterocycles. The van der Waals surface area contributed by atoms with Crippen LogP contribution in [0.1, 0.15) is 19.3 Å². The molecule has 2 rings (SSSR count). The van der Waals surface area contributed by atoms with Crippen molar-refractivity contribution in [2.45, 2.75) is 25.3 Å². The second-order valence-electron chi connectivity index (χ2n) is 4.97. The summed E-state index contributed by atoms with van der Waals surface area (Å²) >= 11 is 5.56. The largest absolute Gasteiger partial charge is 0.497 e. The van der Waals surface area contributed by atoms with E-state index < -0.39 is 0 Å². The SMILES string of the molecule is COc1cccc(N2C[C@H](NC(=O)CCCCl)CC2=O)c1. The molecule has 1 N–H and O–H groups in total.